The molecule has 2 atom stereocenters. The summed E-state index contributed by atoms with van der Waals surface area (Å²) in [4.78, 5) is 29.0. The number of nitrogens with zero attached hydrogens (tertiary/aromatic N) is 2. The minimum absolute atomic E-state index is 0.00934. The van der Waals surface area contributed by atoms with Gasteiger partial charge >= 0.3 is 0 Å². The molecule has 1 aromatic carbocycles. The number of amides is 2. The van der Waals surface area contributed by atoms with E-state index >= 15 is 0 Å². The number of hydrogen-bond donors (Lipinski definition) is 2. The highest BCUT2D eigenvalue weighted by Crippen LogP contribution is 2.19. The summed E-state index contributed by atoms with van der Waals surface area (Å²) in [6.45, 7) is 7.53. The first-order valence-electron chi connectivity index (χ1n) is 10.2. The number of benzene rings is 1. The van der Waals surface area contributed by atoms with Crippen molar-refractivity contribution in [3.63, 3.8) is 0 Å². The smallest absolute Gasteiger partial charge is 0.237 e. The molecule has 2 N–H and O–H groups in total. The molecule has 28 heavy (non-hydrogen) atoms. The van der Waals surface area contributed by atoms with E-state index in [0.717, 1.165) is 44.6 Å². The van der Waals surface area contributed by atoms with E-state index in [-0.39, 0.29) is 29.7 Å². The molecule has 0 aromatic heterocycles. The van der Waals surface area contributed by atoms with Crippen LogP contribution in [0.5, 0.6) is 0 Å². The van der Waals surface area contributed by atoms with E-state index in [0.29, 0.717) is 19.0 Å². The van der Waals surface area contributed by atoms with Crippen LogP contribution in [0.1, 0.15) is 32.3 Å². The Morgan fingerprint density at radius 2 is 1.54 bits per heavy atom. The third kappa shape index (κ3) is 5.75. The van der Waals surface area contributed by atoms with Gasteiger partial charge in [0.05, 0.1) is 12.1 Å². The predicted octanol–water partition coefficient (Wildman–Crippen LogP) is 1.16. The largest absolute Gasteiger partial charge is 0.354 e. The fraction of sp³-hybridized carbons (Fsp3) is 0.619. The summed E-state index contributed by atoms with van der Waals surface area (Å²) in [5.41, 5.74) is 1.00. The fourth-order valence-corrected chi connectivity index (χ4v) is 3.52. The Hall–Kier alpha value is -1.99. The standard InChI is InChI=1S/C21H31FN4O2/c1-15(20(27)23-10-9-17-3-5-18(22)6-4-17)25-11-13-26(14-12-25)16(2)21(28)24-19-7-8-19/h3-6,15-16,19H,7-14H2,1-2H3,(H,23,27)(H,24,28). The van der Waals surface area contributed by atoms with E-state index in [4.69, 9.17) is 0 Å². The van der Waals surface area contributed by atoms with Crippen LogP contribution in [0.2, 0.25) is 0 Å². The normalized spacial score (nSPS) is 20.4. The SMILES string of the molecule is CC(C(=O)NCCc1ccc(F)cc1)N1CCN(C(C)C(=O)NC2CC2)CC1. The van der Waals surface area contributed by atoms with Crippen LogP contribution in [0.4, 0.5) is 4.39 Å². The van der Waals surface area contributed by atoms with E-state index in [1.807, 2.05) is 13.8 Å². The Morgan fingerprint density at radius 3 is 2.07 bits per heavy atom. The molecule has 1 saturated heterocycles. The Bertz CT molecular complexity index is 669. The number of hydrogen-bond acceptors (Lipinski definition) is 4. The van der Waals surface area contributed by atoms with E-state index in [1.165, 1.54) is 12.1 Å². The van der Waals surface area contributed by atoms with Crippen molar-refractivity contribution < 1.29 is 14.0 Å². The van der Waals surface area contributed by atoms with Gasteiger partial charge in [0, 0.05) is 38.8 Å². The van der Waals surface area contributed by atoms with Crippen LogP contribution >= 0.6 is 0 Å². The third-order valence-electron chi connectivity index (χ3n) is 5.75. The topological polar surface area (TPSA) is 64.7 Å². The van der Waals surface area contributed by atoms with Gasteiger partial charge in [-0.2, -0.15) is 0 Å². The first kappa shape index (κ1) is 20.7. The molecular formula is C21H31FN4O2. The van der Waals surface area contributed by atoms with Crippen molar-refractivity contribution in [3.8, 4) is 0 Å². The minimum Gasteiger partial charge on any atom is -0.354 e. The van der Waals surface area contributed by atoms with Gasteiger partial charge in [-0.05, 0) is 50.8 Å². The second kappa shape index (κ2) is 9.47. The highest BCUT2D eigenvalue weighted by Gasteiger charge is 2.31. The highest BCUT2D eigenvalue weighted by atomic mass is 19.1. The van der Waals surface area contributed by atoms with Gasteiger partial charge in [-0.25, -0.2) is 4.39 Å². The zero-order chi connectivity index (χ0) is 20.1. The average molecular weight is 391 g/mol. The summed E-state index contributed by atoms with van der Waals surface area (Å²) in [7, 11) is 0. The van der Waals surface area contributed by atoms with Gasteiger partial charge in [0.1, 0.15) is 5.82 Å². The van der Waals surface area contributed by atoms with Crippen LogP contribution in [0.15, 0.2) is 24.3 Å². The maximum absolute atomic E-state index is 12.9. The number of nitrogens with one attached hydrogen (secondary N) is 2. The molecule has 1 aliphatic heterocycles. The summed E-state index contributed by atoms with van der Waals surface area (Å²) >= 11 is 0. The molecule has 6 nitrogen and oxygen atoms in total. The Balaban J connectivity index is 1.37. The maximum atomic E-state index is 12.9. The highest BCUT2D eigenvalue weighted by molar-refractivity contribution is 5.82. The lowest BCUT2D eigenvalue weighted by atomic mass is 10.1. The van der Waals surface area contributed by atoms with E-state index in [9.17, 15) is 14.0 Å². The summed E-state index contributed by atoms with van der Waals surface area (Å²) in [5, 5.41) is 6.04. The molecule has 2 fully saturated rings. The van der Waals surface area contributed by atoms with Gasteiger partial charge in [0.15, 0.2) is 0 Å². The lowest BCUT2D eigenvalue weighted by molar-refractivity contribution is -0.129. The van der Waals surface area contributed by atoms with E-state index in [1.54, 1.807) is 12.1 Å². The molecule has 0 radical (unpaired) electrons. The van der Waals surface area contributed by atoms with Crippen molar-refractivity contribution in [3.05, 3.63) is 35.6 Å². The van der Waals surface area contributed by atoms with Gasteiger partial charge in [-0.3, -0.25) is 19.4 Å². The number of halogens is 1. The molecule has 1 aliphatic carbocycles. The maximum Gasteiger partial charge on any atom is 0.237 e. The summed E-state index contributed by atoms with van der Waals surface area (Å²) in [6.07, 6.45) is 2.88. The molecule has 1 aromatic rings. The lowest BCUT2D eigenvalue weighted by Gasteiger charge is -2.39. The van der Waals surface area contributed by atoms with Gasteiger partial charge < -0.3 is 10.6 Å². The predicted molar refractivity (Wildman–Crippen MR) is 106 cm³/mol. The van der Waals surface area contributed by atoms with E-state index < -0.39 is 0 Å². The van der Waals surface area contributed by atoms with Crippen molar-refractivity contribution in [2.75, 3.05) is 32.7 Å². The molecular weight excluding hydrogens is 359 g/mol. The quantitative estimate of drug-likeness (QED) is 0.699. The molecule has 0 spiro atoms. The van der Waals surface area contributed by atoms with Crippen molar-refractivity contribution in [1.29, 1.82) is 0 Å². The molecule has 2 unspecified atom stereocenters. The lowest BCUT2D eigenvalue weighted by Crippen LogP contribution is -2.57. The summed E-state index contributed by atoms with van der Waals surface area (Å²) < 4.78 is 12.9. The molecule has 1 saturated carbocycles. The molecule has 1 heterocycles. The van der Waals surface area contributed by atoms with Crippen LogP contribution in [-0.4, -0.2) is 72.5 Å². The van der Waals surface area contributed by atoms with Crippen LogP contribution in [0.3, 0.4) is 0 Å². The third-order valence-corrected chi connectivity index (χ3v) is 5.75. The monoisotopic (exact) mass is 390 g/mol. The van der Waals surface area contributed by atoms with E-state index in [2.05, 4.69) is 20.4 Å². The molecule has 0 bridgehead atoms. The first-order chi connectivity index (χ1) is 13.4. The van der Waals surface area contributed by atoms with Crippen LogP contribution in [0.25, 0.3) is 0 Å². The van der Waals surface area contributed by atoms with Crippen LogP contribution < -0.4 is 10.6 Å². The number of rotatable bonds is 8. The average Bonchev–Trinajstić information content (AvgIpc) is 3.52. The van der Waals surface area contributed by atoms with Gasteiger partial charge in [-0.15, -0.1) is 0 Å². The van der Waals surface area contributed by atoms with Gasteiger partial charge in [0.25, 0.3) is 0 Å². The van der Waals surface area contributed by atoms with Crippen LogP contribution in [0, 0.1) is 5.82 Å². The molecule has 154 valence electrons. The minimum atomic E-state index is -0.250. The second-order valence-corrected chi connectivity index (χ2v) is 7.87. The zero-order valence-electron chi connectivity index (χ0n) is 16.8. The number of carbonyl (C=O) groups is 2. The van der Waals surface area contributed by atoms with Crippen molar-refractivity contribution in [2.24, 2.45) is 0 Å². The van der Waals surface area contributed by atoms with Crippen molar-refractivity contribution in [2.45, 2.75) is 51.2 Å². The Labute approximate surface area is 166 Å². The molecule has 3 rings (SSSR count). The second-order valence-electron chi connectivity index (χ2n) is 7.87. The Kier molecular flexibility index (Phi) is 7.02. The number of piperazine rings is 1. The van der Waals surface area contributed by atoms with Crippen molar-refractivity contribution >= 4 is 11.8 Å². The van der Waals surface area contributed by atoms with Crippen LogP contribution in [-0.2, 0) is 16.0 Å². The molecule has 2 aliphatic rings. The van der Waals surface area contributed by atoms with Crippen molar-refractivity contribution in [1.82, 2.24) is 20.4 Å². The fourth-order valence-electron chi connectivity index (χ4n) is 3.52. The first-order valence-corrected chi connectivity index (χ1v) is 10.2. The summed E-state index contributed by atoms with van der Waals surface area (Å²) in [6, 6.07) is 6.41. The summed E-state index contributed by atoms with van der Waals surface area (Å²) in [5.74, 6) is -0.127. The Morgan fingerprint density at radius 1 is 1.00 bits per heavy atom. The van der Waals surface area contributed by atoms with Gasteiger partial charge in [0.2, 0.25) is 11.8 Å². The zero-order valence-corrected chi connectivity index (χ0v) is 16.8. The molecule has 2 amide bonds. The number of carbonyl (C=O) groups excluding carboxylic acids is 2. The van der Waals surface area contributed by atoms with Gasteiger partial charge in [-0.1, -0.05) is 12.1 Å². The molecule has 7 heteroatoms.